The summed E-state index contributed by atoms with van der Waals surface area (Å²) < 4.78 is 0. The lowest BCUT2D eigenvalue weighted by atomic mass is 10.2. The number of urea groups is 1. The lowest BCUT2D eigenvalue weighted by molar-refractivity contribution is -0.141. The van der Waals surface area contributed by atoms with Crippen molar-refractivity contribution in [3.05, 3.63) is 18.2 Å². The van der Waals surface area contributed by atoms with Crippen molar-refractivity contribution in [3.63, 3.8) is 0 Å². The third-order valence-electron chi connectivity index (χ3n) is 2.94. The number of carbonyl (C=O) groups is 2. The summed E-state index contributed by atoms with van der Waals surface area (Å²) in [7, 11) is 0. The Morgan fingerprint density at radius 2 is 2.47 bits per heavy atom. The van der Waals surface area contributed by atoms with Crippen LogP contribution in [0.5, 0.6) is 0 Å². The molecule has 1 aliphatic heterocycles. The zero-order chi connectivity index (χ0) is 13.8. The van der Waals surface area contributed by atoms with Crippen LogP contribution in [0.15, 0.2) is 12.4 Å². The number of thioether (sulfide) groups is 1. The fourth-order valence-corrected chi connectivity index (χ4v) is 2.94. The van der Waals surface area contributed by atoms with Crippen molar-refractivity contribution in [2.75, 3.05) is 18.1 Å². The minimum absolute atomic E-state index is 0.286. The van der Waals surface area contributed by atoms with Gasteiger partial charge in [0, 0.05) is 30.4 Å². The van der Waals surface area contributed by atoms with Gasteiger partial charge in [-0.25, -0.2) is 14.6 Å². The SMILES string of the molecule is CC(NC(=O)N1CCSCC1C(=O)O)c1ncc[nH]1. The van der Waals surface area contributed by atoms with E-state index < -0.39 is 12.0 Å². The number of H-pyrrole nitrogens is 1. The maximum Gasteiger partial charge on any atom is 0.327 e. The highest BCUT2D eigenvalue weighted by molar-refractivity contribution is 7.99. The molecule has 3 N–H and O–H groups in total. The molecule has 1 aromatic heterocycles. The van der Waals surface area contributed by atoms with Crippen LogP contribution in [-0.4, -0.2) is 56.1 Å². The van der Waals surface area contributed by atoms with Crippen molar-refractivity contribution >= 4 is 23.8 Å². The zero-order valence-corrected chi connectivity index (χ0v) is 11.3. The Hall–Kier alpha value is -1.70. The van der Waals surface area contributed by atoms with E-state index in [0.29, 0.717) is 18.1 Å². The molecule has 0 aromatic carbocycles. The van der Waals surface area contributed by atoms with Gasteiger partial charge in [0.25, 0.3) is 0 Å². The lowest BCUT2D eigenvalue weighted by Crippen LogP contribution is -2.54. The summed E-state index contributed by atoms with van der Waals surface area (Å²) in [6.45, 7) is 2.24. The molecular weight excluding hydrogens is 268 g/mol. The van der Waals surface area contributed by atoms with Crippen molar-refractivity contribution in [1.29, 1.82) is 0 Å². The van der Waals surface area contributed by atoms with Crippen LogP contribution in [0.3, 0.4) is 0 Å². The second kappa shape index (κ2) is 5.96. The fourth-order valence-electron chi connectivity index (χ4n) is 1.90. The Morgan fingerprint density at radius 1 is 1.68 bits per heavy atom. The van der Waals surface area contributed by atoms with E-state index in [-0.39, 0.29) is 12.1 Å². The maximum absolute atomic E-state index is 12.1. The van der Waals surface area contributed by atoms with Crippen molar-refractivity contribution in [3.8, 4) is 0 Å². The van der Waals surface area contributed by atoms with Crippen LogP contribution in [0.1, 0.15) is 18.8 Å². The second-order valence-corrected chi connectivity index (χ2v) is 5.42. The van der Waals surface area contributed by atoms with Crippen LogP contribution >= 0.6 is 11.8 Å². The number of aromatic nitrogens is 2. The first kappa shape index (κ1) is 13.7. The van der Waals surface area contributed by atoms with Gasteiger partial charge in [-0.05, 0) is 6.92 Å². The highest BCUT2D eigenvalue weighted by atomic mass is 32.2. The fraction of sp³-hybridized carbons (Fsp3) is 0.545. The molecule has 2 amide bonds. The summed E-state index contributed by atoms with van der Waals surface area (Å²) >= 11 is 1.55. The van der Waals surface area contributed by atoms with Gasteiger partial charge in [0.1, 0.15) is 11.9 Å². The van der Waals surface area contributed by atoms with Crippen molar-refractivity contribution < 1.29 is 14.7 Å². The zero-order valence-electron chi connectivity index (χ0n) is 10.5. The molecule has 19 heavy (non-hydrogen) atoms. The summed E-state index contributed by atoms with van der Waals surface area (Å²) in [5, 5.41) is 11.9. The molecule has 0 aliphatic carbocycles. The van der Waals surface area contributed by atoms with Crippen LogP contribution in [0.2, 0.25) is 0 Å². The number of imidazole rings is 1. The molecule has 0 bridgehead atoms. The van der Waals surface area contributed by atoms with Gasteiger partial charge in [-0.2, -0.15) is 11.8 Å². The van der Waals surface area contributed by atoms with Crippen molar-refractivity contribution in [2.45, 2.75) is 19.0 Å². The Labute approximate surface area is 114 Å². The van der Waals surface area contributed by atoms with E-state index in [0.717, 1.165) is 5.75 Å². The molecule has 7 nitrogen and oxygen atoms in total. The van der Waals surface area contributed by atoms with Gasteiger partial charge in [-0.15, -0.1) is 0 Å². The smallest absolute Gasteiger partial charge is 0.327 e. The molecule has 0 spiro atoms. The van der Waals surface area contributed by atoms with E-state index in [1.54, 1.807) is 31.1 Å². The van der Waals surface area contributed by atoms with Gasteiger partial charge in [0.15, 0.2) is 0 Å². The first-order valence-corrected chi connectivity index (χ1v) is 7.12. The van der Waals surface area contributed by atoms with E-state index in [1.165, 1.54) is 4.90 Å². The molecule has 1 aromatic rings. The molecule has 8 heteroatoms. The highest BCUT2D eigenvalue weighted by Crippen LogP contribution is 2.17. The standard InChI is InChI=1S/C11H16N4O3S/c1-7(9-12-2-3-13-9)14-11(18)15-4-5-19-6-8(15)10(16)17/h2-3,7-8H,4-6H2,1H3,(H,12,13)(H,14,18)(H,16,17). The topological polar surface area (TPSA) is 98.3 Å². The molecule has 1 aliphatic rings. The Morgan fingerprint density at radius 3 is 3.11 bits per heavy atom. The summed E-state index contributed by atoms with van der Waals surface area (Å²) in [4.78, 5) is 31.6. The van der Waals surface area contributed by atoms with Gasteiger partial charge in [0.2, 0.25) is 0 Å². The van der Waals surface area contributed by atoms with E-state index in [2.05, 4.69) is 15.3 Å². The van der Waals surface area contributed by atoms with Crippen LogP contribution in [0.4, 0.5) is 4.79 Å². The van der Waals surface area contributed by atoms with Gasteiger partial charge in [-0.1, -0.05) is 0 Å². The molecular formula is C11H16N4O3S. The molecule has 2 atom stereocenters. The summed E-state index contributed by atoms with van der Waals surface area (Å²) in [6.07, 6.45) is 3.28. The lowest BCUT2D eigenvalue weighted by Gasteiger charge is -2.33. The second-order valence-electron chi connectivity index (χ2n) is 4.27. The third kappa shape index (κ3) is 3.19. The Balaban J connectivity index is 2.00. The predicted molar refractivity (Wildman–Crippen MR) is 71.0 cm³/mol. The normalized spacial score (nSPS) is 20.9. The number of aromatic amines is 1. The molecule has 0 saturated carbocycles. The van der Waals surface area contributed by atoms with Crippen LogP contribution in [0, 0.1) is 0 Å². The highest BCUT2D eigenvalue weighted by Gasteiger charge is 2.33. The Kier molecular flexibility index (Phi) is 4.31. The van der Waals surface area contributed by atoms with E-state index in [4.69, 9.17) is 5.11 Å². The molecule has 0 radical (unpaired) electrons. The molecule has 1 fully saturated rings. The number of carbonyl (C=O) groups excluding carboxylic acids is 1. The number of amides is 2. The molecule has 2 rings (SSSR count). The number of carboxylic acids is 1. The number of rotatable bonds is 3. The molecule has 104 valence electrons. The van der Waals surface area contributed by atoms with Gasteiger partial charge < -0.3 is 20.3 Å². The third-order valence-corrected chi connectivity index (χ3v) is 3.97. The number of hydrogen-bond donors (Lipinski definition) is 3. The Bertz CT molecular complexity index is 451. The first-order valence-electron chi connectivity index (χ1n) is 5.96. The van der Waals surface area contributed by atoms with E-state index in [1.807, 2.05) is 0 Å². The van der Waals surface area contributed by atoms with Crippen LogP contribution in [-0.2, 0) is 4.79 Å². The van der Waals surface area contributed by atoms with Crippen LogP contribution < -0.4 is 5.32 Å². The number of nitrogens with one attached hydrogen (secondary N) is 2. The monoisotopic (exact) mass is 284 g/mol. The van der Waals surface area contributed by atoms with Crippen molar-refractivity contribution in [2.24, 2.45) is 0 Å². The van der Waals surface area contributed by atoms with Crippen molar-refractivity contribution in [1.82, 2.24) is 20.2 Å². The predicted octanol–water partition coefficient (Wildman–Crippen LogP) is 0.682. The minimum atomic E-state index is -0.965. The first-order chi connectivity index (χ1) is 9.09. The quantitative estimate of drug-likeness (QED) is 0.758. The molecule has 2 heterocycles. The van der Waals surface area contributed by atoms with E-state index >= 15 is 0 Å². The van der Waals surface area contributed by atoms with Gasteiger partial charge >= 0.3 is 12.0 Å². The minimum Gasteiger partial charge on any atom is -0.480 e. The summed E-state index contributed by atoms with van der Waals surface area (Å²) in [6, 6.07) is -1.41. The van der Waals surface area contributed by atoms with Gasteiger partial charge in [-0.3, -0.25) is 0 Å². The largest absolute Gasteiger partial charge is 0.480 e. The van der Waals surface area contributed by atoms with Crippen LogP contribution in [0.25, 0.3) is 0 Å². The average Bonchev–Trinajstić information content (AvgIpc) is 2.92. The van der Waals surface area contributed by atoms with E-state index in [9.17, 15) is 9.59 Å². The summed E-state index contributed by atoms with van der Waals surface area (Å²) in [5.74, 6) is 0.865. The maximum atomic E-state index is 12.1. The number of carboxylic acid groups (broad SMARTS) is 1. The molecule has 1 saturated heterocycles. The summed E-state index contributed by atoms with van der Waals surface area (Å²) in [5.41, 5.74) is 0. The molecule has 2 unspecified atom stereocenters. The van der Waals surface area contributed by atoms with Gasteiger partial charge in [0.05, 0.1) is 6.04 Å². The number of hydrogen-bond acceptors (Lipinski definition) is 4. The number of nitrogens with zero attached hydrogens (tertiary/aromatic N) is 2. The average molecular weight is 284 g/mol. The number of aliphatic carboxylic acids is 1.